The van der Waals surface area contributed by atoms with Gasteiger partial charge in [-0.05, 0) is 32.9 Å². The summed E-state index contributed by atoms with van der Waals surface area (Å²) in [4.78, 5) is 4.72. The molecule has 4 nitrogen and oxygen atoms in total. The van der Waals surface area contributed by atoms with Crippen molar-refractivity contribution in [2.24, 2.45) is 0 Å². The first kappa shape index (κ1) is 10.3. The molecule has 4 heteroatoms. The first-order chi connectivity index (χ1) is 7.84. The van der Waals surface area contributed by atoms with Crippen LogP contribution in [0.3, 0.4) is 0 Å². The SMILES string of the molecule is Cc1oc(C2CNC2)nc1C1CCNCC1. The lowest BCUT2D eigenvalue weighted by Gasteiger charge is -2.23. The van der Waals surface area contributed by atoms with Gasteiger partial charge in [-0.15, -0.1) is 0 Å². The topological polar surface area (TPSA) is 50.1 Å². The predicted molar refractivity (Wildman–Crippen MR) is 61.7 cm³/mol. The lowest BCUT2D eigenvalue weighted by atomic mass is 9.94. The van der Waals surface area contributed by atoms with Crippen LogP contribution in [0.1, 0.15) is 42.0 Å². The lowest BCUT2D eigenvalue weighted by Crippen LogP contribution is -2.40. The first-order valence-corrected chi connectivity index (χ1v) is 6.23. The molecule has 1 aromatic rings. The molecule has 2 aliphatic heterocycles. The zero-order valence-electron chi connectivity index (χ0n) is 9.75. The van der Waals surface area contributed by atoms with Crippen molar-refractivity contribution in [1.29, 1.82) is 0 Å². The van der Waals surface area contributed by atoms with Gasteiger partial charge in [-0.3, -0.25) is 0 Å². The third-order valence-corrected chi connectivity index (χ3v) is 3.71. The molecule has 16 heavy (non-hydrogen) atoms. The van der Waals surface area contributed by atoms with Gasteiger partial charge in [0.1, 0.15) is 5.76 Å². The Bertz CT molecular complexity index is 364. The van der Waals surface area contributed by atoms with Crippen LogP contribution in [-0.2, 0) is 0 Å². The van der Waals surface area contributed by atoms with Gasteiger partial charge in [-0.2, -0.15) is 0 Å². The van der Waals surface area contributed by atoms with Crippen molar-refractivity contribution in [2.45, 2.75) is 31.6 Å². The van der Waals surface area contributed by atoms with Crippen molar-refractivity contribution in [3.05, 3.63) is 17.3 Å². The fourth-order valence-corrected chi connectivity index (χ4v) is 2.54. The summed E-state index contributed by atoms with van der Waals surface area (Å²) in [5.74, 6) is 3.10. The summed E-state index contributed by atoms with van der Waals surface area (Å²) in [6.45, 7) is 6.31. The fourth-order valence-electron chi connectivity index (χ4n) is 2.54. The van der Waals surface area contributed by atoms with E-state index in [4.69, 9.17) is 9.40 Å². The maximum absolute atomic E-state index is 5.80. The maximum atomic E-state index is 5.80. The van der Waals surface area contributed by atoms with E-state index in [9.17, 15) is 0 Å². The quantitative estimate of drug-likeness (QED) is 0.786. The molecule has 3 rings (SSSR count). The van der Waals surface area contributed by atoms with Crippen molar-refractivity contribution in [3.63, 3.8) is 0 Å². The average Bonchev–Trinajstić information content (AvgIpc) is 2.59. The molecule has 0 atom stereocenters. The maximum Gasteiger partial charge on any atom is 0.200 e. The summed E-state index contributed by atoms with van der Waals surface area (Å²) in [6.07, 6.45) is 2.38. The van der Waals surface area contributed by atoms with E-state index in [1.807, 2.05) is 0 Å². The summed E-state index contributed by atoms with van der Waals surface area (Å²) in [5, 5.41) is 6.65. The number of rotatable bonds is 2. The van der Waals surface area contributed by atoms with Gasteiger partial charge in [0, 0.05) is 19.0 Å². The number of nitrogens with zero attached hydrogens (tertiary/aromatic N) is 1. The highest BCUT2D eigenvalue weighted by molar-refractivity contribution is 5.17. The molecule has 0 amide bonds. The summed E-state index contributed by atoms with van der Waals surface area (Å²) in [5.41, 5.74) is 1.21. The van der Waals surface area contributed by atoms with E-state index in [0.717, 1.165) is 37.8 Å². The van der Waals surface area contributed by atoms with Crippen molar-refractivity contribution in [1.82, 2.24) is 15.6 Å². The number of oxazole rings is 1. The monoisotopic (exact) mass is 221 g/mol. The third-order valence-electron chi connectivity index (χ3n) is 3.71. The Kier molecular flexibility index (Phi) is 2.69. The van der Waals surface area contributed by atoms with Crippen molar-refractivity contribution in [2.75, 3.05) is 26.2 Å². The molecular weight excluding hydrogens is 202 g/mol. The molecule has 0 aromatic carbocycles. The van der Waals surface area contributed by atoms with E-state index in [1.165, 1.54) is 18.5 Å². The minimum atomic E-state index is 0.508. The van der Waals surface area contributed by atoms with Crippen LogP contribution in [0, 0.1) is 6.92 Å². The zero-order chi connectivity index (χ0) is 11.0. The van der Waals surface area contributed by atoms with Gasteiger partial charge in [0.05, 0.1) is 11.6 Å². The summed E-state index contributed by atoms with van der Waals surface area (Å²) < 4.78 is 5.80. The molecule has 0 saturated carbocycles. The Labute approximate surface area is 95.8 Å². The van der Waals surface area contributed by atoms with E-state index in [1.54, 1.807) is 0 Å². The standard InChI is InChI=1S/C12H19N3O/c1-8-11(9-2-4-13-5-3-9)15-12(16-8)10-6-14-7-10/h9-10,13-14H,2-7H2,1H3. The zero-order valence-corrected chi connectivity index (χ0v) is 9.75. The molecule has 2 aliphatic rings. The van der Waals surface area contributed by atoms with Crippen molar-refractivity contribution in [3.8, 4) is 0 Å². The van der Waals surface area contributed by atoms with Gasteiger partial charge in [-0.25, -0.2) is 4.98 Å². The van der Waals surface area contributed by atoms with Gasteiger partial charge >= 0.3 is 0 Å². The summed E-state index contributed by atoms with van der Waals surface area (Å²) >= 11 is 0. The first-order valence-electron chi connectivity index (χ1n) is 6.23. The second kappa shape index (κ2) is 4.18. The van der Waals surface area contributed by atoms with Crippen LogP contribution < -0.4 is 10.6 Å². The molecule has 0 unspecified atom stereocenters. The number of hydrogen-bond donors (Lipinski definition) is 2. The number of aryl methyl sites for hydroxylation is 1. The van der Waals surface area contributed by atoms with Crippen LogP contribution in [-0.4, -0.2) is 31.2 Å². The van der Waals surface area contributed by atoms with E-state index in [-0.39, 0.29) is 0 Å². The number of nitrogens with one attached hydrogen (secondary N) is 2. The minimum Gasteiger partial charge on any atom is -0.445 e. The molecule has 2 N–H and O–H groups in total. The molecule has 0 bridgehead atoms. The highest BCUT2D eigenvalue weighted by atomic mass is 16.4. The molecule has 88 valence electrons. The van der Waals surface area contributed by atoms with Gasteiger partial charge in [0.25, 0.3) is 0 Å². The minimum absolute atomic E-state index is 0.508. The second-order valence-corrected chi connectivity index (χ2v) is 4.87. The molecule has 0 spiro atoms. The Morgan fingerprint density at radius 3 is 2.50 bits per heavy atom. The molecule has 0 aliphatic carbocycles. The lowest BCUT2D eigenvalue weighted by molar-refractivity contribution is 0.350. The average molecular weight is 221 g/mol. The van der Waals surface area contributed by atoms with Crippen LogP contribution in [0.15, 0.2) is 4.42 Å². The highest BCUT2D eigenvalue weighted by Crippen LogP contribution is 2.30. The van der Waals surface area contributed by atoms with Crippen molar-refractivity contribution >= 4 is 0 Å². The Balaban J connectivity index is 1.79. The van der Waals surface area contributed by atoms with Crippen LogP contribution in [0.5, 0.6) is 0 Å². The normalized spacial score (nSPS) is 23.3. The fraction of sp³-hybridized carbons (Fsp3) is 0.750. The van der Waals surface area contributed by atoms with Crippen LogP contribution >= 0.6 is 0 Å². The highest BCUT2D eigenvalue weighted by Gasteiger charge is 2.28. The molecule has 2 fully saturated rings. The largest absolute Gasteiger partial charge is 0.445 e. The van der Waals surface area contributed by atoms with E-state index >= 15 is 0 Å². The van der Waals surface area contributed by atoms with E-state index < -0.39 is 0 Å². The smallest absolute Gasteiger partial charge is 0.200 e. The number of hydrogen-bond acceptors (Lipinski definition) is 4. The van der Waals surface area contributed by atoms with Gasteiger partial charge in [0.2, 0.25) is 0 Å². The molecule has 1 aromatic heterocycles. The number of aromatic nitrogens is 1. The van der Waals surface area contributed by atoms with Crippen LogP contribution in [0.2, 0.25) is 0 Å². The van der Waals surface area contributed by atoms with Crippen LogP contribution in [0.25, 0.3) is 0 Å². The molecule has 3 heterocycles. The van der Waals surface area contributed by atoms with Gasteiger partial charge < -0.3 is 15.1 Å². The number of piperidine rings is 1. The third kappa shape index (κ3) is 1.76. The van der Waals surface area contributed by atoms with Gasteiger partial charge in [0.15, 0.2) is 5.89 Å². The summed E-state index contributed by atoms with van der Waals surface area (Å²) in [6, 6.07) is 0. The van der Waals surface area contributed by atoms with E-state index in [0.29, 0.717) is 11.8 Å². The van der Waals surface area contributed by atoms with Gasteiger partial charge in [-0.1, -0.05) is 0 Å². The van der Waals surface area contributed by atoms with Crippen LogP contribution in [0.4, 0.5) is 0 Å². The Morgan fingerprint density at radius 2 is 1.88 bits per heavy atom. The molecular formula is C12H19N3O. The van der Waals surface area contributed by atoms with E-state index in [2.05, 4.69) is 17.6 Å². The molecule has 2 saturated heterocycles. The predicted octanol–water partition coefficient (Wildman–Crippen LogP) is 1.14. The Morgan fingerprint density at radius 1 is 1.12 bits per heavy atom. The Hall–Kier alpha value is -0.870. The second-order valence-electron chi connectivity index (χ2n) is 4.87. The summed E-state index contributed by atoms with van der Waals surface area (Å²) in [7, 11) is 0. The van der Waals surface area contributed by atoms with Crippen molar-refractivity contribution < 1.29 is 4.42 Å². The molecule has 0 radical (unpaired) electrons.